The number of benzene rings is 2. The number of barbiturate groups is 1. The van der Waals surface area contributed by atoms with Crippen LogP contribution in [0.15, 0.2) is 54.1 Å². The van der Waals surface area contributed by atoms with E-state index in [2.05, 4.69) is 5.32 Å². The van der Waals surface area contributed by atoms with Crippen LogP contribution in [0.2, 0.25) is 0 Å². The molecule has 0 unspecified atom stereocenters. The van der Waals surface area contributed by atoms with Crippen LogP contribution in [-0.4, -0.2) is 33.5 Å². The number of nitrogens with one attached hydrogen (secondary N) is 1. The number of urea groups is 1. The van der Waals surface area contributed by atoms with Crippen molar-refractivity contribution in [1.82, 2.24) is 9.88 Å². The van der Waals surface area contributed by atoms with Gasteiger partial charge in [0.05, 0.1) is 11.3 Å². The second-order valence-electron chi connectivity index (χ2n) is 8.21. The van der Waals surface area contributed by atoms with Crippen LogP contribution in [0.1, 0.15) is 38.4 Å². The molecule has 8 heteroatoms. The molecule has 1 fully saturated rings. The van der Waals surface area contributed by atoms with Gasteiger partial charge in [0.2, 0.25) is 0 Å². The predicted molar refractivity (Wildman–Crippen MR) is 127 cm³/mol. The summed E-state index contributed by atoms with van der Waals surface area (Å²) in [5.41, 5.74) is 4.96. The highest BCUT2D eigenvalue weighted by Crippen LogP contribution is 2.28. The van der Waals surface area contributed by atoms with Crippen LogP contribution in [0.4, 0.5) is 10.5 Å². The number of imide groups is 2. The third-order valence-electron chi connectivity index (χ3n) is 5.91. The molecule has 1 saturated heterocycles. The van der Waals surface area contributed by atoms with E-state index in [-0.39, 0.29) is 11.1 Å². The van der Waals surface area contributed by atoms with Crippen molar-refractivity contribution in [3.05, 3.63) is 87.7 Å². The Morgan fingerprint density at radius 2 is 1.62 bits per heavy atom. The van der Waals surface area contributed by atoms with Crippen molar-refractivity contribution in [2.45, 2.75) is 27.7 Å². The van der Waals surface area contributed by atoms with Crippen LogP contribution in [0.3, 0.4) is 0 Å². The van der Waals surface area contributed by atoms with E-state index in [0.717, 1.165) is 33.1 Å². The molecular weight excluding hydrogens is 434 g/mol. The minimum absolute atomic E-state index is 0.152. The first-order valence-corrected chi connectivity index (χ1v) is 10.6. The van der Waals surface area contributed by atoms with Crippen LogP contribution in [0.25, 0.3) is 11.8 Å². The summed E-state index contributed by atoms with van der Waals surface area (Å²) in [7, 11) is 0. The lowest BCUT2D eigenvalue weighted by Gasteiger charge is -2.27. The second-order valence-corrected chi connectivity index (χ2v) is 8.21. The van der Waals surface area contributed by atoms with Gasteiger partial charge in [0.25, 0.3) is 11.8 Å². The number of anilines is 1. The van der Waals surface area contributed by atoms with Gasteiger partial charge in [0, 0.05) is 17.1 Å². The Morgan fingerprint density at radius 3 is 2.26 bits per heavy atom. The molecule has 2 N–H and O–H groups in total. The largest absolute Gasteiger partial charge is 0.478 e. The number of amides is 4. The molecule has 3 aromatic rings. The Morgan fingerprint density at radius 1 is 0.912 bits per heavy atom. The molecular formula is C26H23N3O5. The summed E-state index contributed by atoms with van der Waals surface area (Å²) in [6.45, 7) is 7.33. The van der Waals surface area contributed by atoms with E-state index in [9.17, 15) is 24.3 Å². The van der Waals surface area contributed by atoms with Crippen molar-refractivity contribution in [1.29, 1.82) is 0 Å². The zero-order valence-electron chi connectivity index (χ0n) is 19.2. The van der Waals surface area contributed by atoms with Crippen molar-refractivity contribution in [3.8, 4) is 5.69 Å². The van der Waals surface area contributed by atoms with Crippen molar-refractivity contribution in [2.75, 3.05) is 4.90 Å². The minimum Gasteiger partial charge on any atom is -0.478 e. The van der Waals surface area contributed by atoms with Crippen molar-refractivity contribution in [3.63, 3.8) is 0 Å². The molecule has 0 radical (unpaired) electrons. The first kappa shape index (κ1) is 22.7. The van der Waals surface area contributed by atoms with Gasteiger partial charge in [-0.15, -0.1) is 0 Å². The van der Waals surface area contributed by atoms with Gasteiger partial charge in [-0.05, 0) is 80.8 Å². The molecule has 4 amide bonds. The molecule has 34 heavy (non-hydrogen) atoms. The van der Waals surface area contributed by atoms with E-state index in [1.807, 2.05) is 31.4 Å². The van der Waals surface area contributed by atoms with Crippen molar-refractivity contribution < 1.29 is 24.3 Å². The number of para-hydroxylation sites is 1. The number of carboxylic acid groups (broad SMARTS) is 1. The summed E-state index contributed by atoms with van der Waals surface area (Å²) < 4.78 is 1.93. The Labute approximate surface area is 196 Å². The zero-order valence-corrected chi connectivity index (χ0v) is 19.2. The number of hydrogen-bond acceptors (Lipinski definition) is 4. The lowest BCUT2D eigenvalue weighted by molar-refractivity contribution is -0.122. The average Bonchev–Trinajstić information content (AvgIpc) is 3.05. The van der Waals surface area contributed by atoms with E-state index in [1.165, 1.54) is 12.1 Å². The summed E-state index contributed by atoms with van der Waals surface area (Å²) in [6, 6.07) is 12.8. The maximum Gasteiger partial charge on any atom is 0.335 e. The number of carbonyl (C=O) groups excluding carboxylic acids is 3. The lowest BCUT2D eigenvalue weighted by Crippen LogP contribution is -2.54. The quantitative estimate of drug-likeness (QED) is 0.453. The molecule has 1 aromatic heterocycles. The highest BCUT2D eigenvalue weighted by atomic mass is 16.4. The first-order chi connectivity index (χ1) is 16.1. The third-order valence-corrected chi connectivity index (χ3v) is 5.91. The van der Waals surface area contributed by atoms with Crippen LogP contribution < -0.4 is 10.2 Å². The van der Waals surface area contributed by atoms with Gasteiger partial charge in [-0.3, -0.25) is 14.9 Å². The fourth-order valence-electron chi connectivity index (χ4n) is 4.19. The number of carbonyl (C=O) groups is 4. The average molecular weight is 457 g/mol. The summed E-state index contributed by atoms with van der Waals surface area (Å²) in [5.74, 6) is -2.46. The van der Waals surface area contributed by atoms with Gasteiger partial charge in [-0.1, -0.05) is 18.2 Å². The van der Waals surface area contributed by atoms with Crippen LogP contribution in [0.5, 0.6) is 0 Å². The van der Waals surface area contributed by atoms with E-state index >= 15 is 0 Å². The van der Waals surface area contributed by atoms with Gasteiger partial charge in [-0.2, -0.15) is 0 Å². The molecule has 0 atom stereocenters. The molecule has 1 aliphatic rings. The third kappa shape index (κ3) is 3.79. The number of nitrogens with zero attached hydrogens (tertiary/aromatic N) is 2. The van der Waals surface area contributed by atoms with E-state index in [0.29, 0.717) is 11.3 Å². The lowest BCUT2D eigenvalue weighted by atomic mass is 10.1. The fraction of sp³-hybridized carbons (Fsp3) is 0.154. The SMILES string of the molecule is Cc1ccccc1N1C(=O)NC(=O)/C(=C\c2cc(C)n(-c3ccc(C(=O)O)cc3C)c2C)C1=O. The van der Waals surface area contributed by atoms with Gasteiger partial charge in [0.15, 0.2) is 0 Å². The van der Waals surface area contributed by atoms with Gasteiger partial charge < -0.3 is 9.67 Å². The number of aromatic nitrogens is 1. The maximum absolute atomic E-state index is 13.2. The van der Waals surface area contributed by atoms with Crippen LogP contribution in [-0.2, 0) is 9.59 Å². The smallest absolute Gasteiger partial charge is 0.335 e. The molecule has 0 saturated carbocycles. The first-order valence-electron chi connectivity index (χ1n) is 10.6. The Balaban J connectivity index is 1.78. The molecule has 172 valence electrons. The maximum atomic E-state index is 13.2. The number of aryl methyl sites for hydroxylation is 3. The van der Waals surface area contributed by atoms with Gasteiger partial charge >= 0.3 is 12.0 Å². The monoisotopic (exact) mass is 457 g/mol. The van der Waals surface area contributed by atoms with Gasteiger partial charge in [-0.25, -0.2) is 14.5 Å². The summed E-state index contributed by atoms with van der Waals surface area (Å²) in [6.07, 6.45) is 1.48. The zero-order chi connectivity index (χ0) is 24.7. The number of carboxylic acids is 1. The van der Waals surface area contributed by atoms with Gasteiger partial charge in [0.1, 0.15) is 5.57 Å². The van der Waals surface area contributed by atoms with Crippen LogP contribution >= 0.6 is 0 Å². The fourth-order valence-corrected chi connectivity index (χ4v) is 4.19. The normalized spacial score (nSPS) is 15.1. The molecule has 0 aliphatic carbocycles. The Hall–Kier alpha value is -4.46. The highest BCUT2D eigenvalue weighted by Gasteiger charge is 2.37. The molecule has 0 bridgehead atoms. The minimum atomic E-state index is -1.00. The predicted octanol–water partition coefficient (Wildman–Crippen LogP) is 4.08. The number of rotatable bonds is 4. The standard InChI is InChI=1S/C26H23N3O5/c1-14-7-5-6-8-21(14)29-24(31)20(23(30)27-26(29)34)13-19-12-16(3)28(17(19)4)22-10-9-18(25(32)33)11-15(22)2/h5-13H,1-4H3,(H,32,33)(H,27,30,34)/b20-13+. The van der Waals surface area contributed by atoms with E-state index in [4.69, 9.17) is 0 Å². The molecule has 8 nitrogen and oxygen atoms in total. The van der Waals surface area contributed by atoms with E-state index < -0.39 is 23.8 Å². The molecule has 4 rings (SSSR count). The highest BCUT2D eigenvalue weighted by molar-refractivity contribution is 6.39. The number of aromatic carboxylic acids is 1. The molecule has 2 aromatic carbocycles. The van der Waals surface area contributed by atoms with Crippen molar-refractivity contribution >= 4 is 35.6 Å². The molecule has 0 spiro atoms. The van der Waals surface area contributed by atoms with Crippen LogP contribution in [0, 0.1) is 27.7 Å². The second kappa shape index (κ2) is 8.47. The molecule has 2 heterocycles. The Kier molecular flexibility index (Phi) is 5.66. The topological polar surface area (TPSA) is 109 Å². The Bertz CT molecular complexity index is 1410. The number of hydrogen-bond donors (Lipinski definition) is 2. The molecule has 1 aliphatic heterocycles. The summed E-state index contributed by atoms with van der Waals surface area (Å²) >= 11 is 0. The summed E-state index contributed by atoms with van der Waals surface area (Å²) in [5, 5.41) is 11.5. The van der Waals surface area contributed by atoms with Crippen molar-refractivity contribution in [2.24, 2.45) is 0 Å². The summed E-state index contributed by atoms with van der Waals surface area (Å²) in [4.78, 5) is 50.6. The van der Waals surface area contributed by atoms with E-state index in [1.54, 1.807) is 43.3 Å².